The Hall–Kier alpha value is -5.21. The number of piperazine rings is 1. The van der Waals surface area contributed by atoms with E-state index >= 15 is 0 Å². The first-order valence-corrected chi connectivity index (χ1v) is 20.9. The molecule has 8 rings (SSSR count). The largest absolute Gasteiger partial charge is 0.371 e. The first-order valence-electron chi connectivity index (χ1n) is 20.9. The van der Waals surface area contributed by atoms with Gasteiger partial charge in [0.25, 0.3) is 0 Å². The number of nitrogens with one attached hydrogen (secondary N) is 3. The molecule has 3 N–H and O–H groups in total. The minimum absolute atomic E-state index is 0.0883. The molecular weight excluding hydrogens is 733 g/mol. The third kappa shape index (κ3) is 7.59. The van der Waals surface area contributed by atoms with Crippen LogP contribution in [0.5, 0.6) is 0 Å². The van der Waals surface area contributed by atoms with E-state index in [1.54, 1.807) is 23.6 Å². The van der Waals surface area contributed by atoms with Crippen LogP contribution < -0.4 is 20.8 Å². The number of carbonyl (C=O) groups excluding carboxylic acids is 3. The van der Waals surface area contributed by atoms with Crippen LogP contribution in [0.4, 0.5) is 11.4 Å². The lowest BCUT2D eigenvalue weighted by molar-refractivity contribution is -0.124. The standard InChI is InChI=1S/C44H58N10O4/c1-28(42(57)49(5)31-8-7-30-21-36(46-35(30)22-31)41-34-13-15-44(2,3)24-37(34)47-48-41)52-19-17-51(18-20-52)25-29-14-16-53(26-29)32-9-11-38-39(23-32)50(6)43(58)54(38)33(27-55)10-12-40(56)45-4/h7-9,11,21-23,27-29,33,46H,10,12-20,24-26H2,1-6H3,(H,45,56)(H,47,48). The Balaban J connectivity index is 0.845. The van der Waals surface area contributed by atoms with Crippen LogP contribution >= 0.6 is 0 Å². The van der Waals surface area contributed by atoms with Crippen molar-refractivity contribution in [2.24, 2.45) is 18.4 Å². The lowest BCUT2D eigenvalue weighted by atomic mass is 9.76. The molecule has 5 heterocycles. The number of aromatic amines is 2. The number of aldehydes is 1. The SMILES string of the molecule is CNC(=O)CCC(C=O)n1c(=O)n(C)c2cc(N3CCC(CN4CCN(C(C)C(=O)N(C)c5ccc6cc(-c7n[nH]c8c7CCC(C)(C)C8)[nH]c6c5)CC4)C3)ccc21. The Morgan fingerprint density at radius 3 is 2.62 bits per heavy atom. The molecule has 2 amide bonds. The average Bonchev–Trinajstić information content (AvgIpc) is 4.02. The highest BCUT2D eigenvalue weighted by molar-refractivity contribution is 5.99. The molecule has 0 saturated carbocycles. The van der Waals surface area contributed by atoms with Gasteiger partial charge in [0.05, 0.1) is 28.8 Å². The van der Waals surface area contributed by atoms with Crippen molar-refractivity contribution in [1.82, 2.24) is 39.4 Å². The second kappa shape index (κ2) is 15.9. The van der Waals surface area contributed by atoms with Crippen LogP contribution in [0.2, 0.25) is 0 Å². The maximum absolute atomic E-state index is 13.8. The summed E-state index contributed by atoms with van der Waals surface area (Å²) in [7, 11) is 5.17. The first kappa shape index (κ1) is 39.6. The Labute approximate surface area is 339 Å². The van der Waals surface area contributed by atoms with Crippen LogP contribution in [0, 0.1) is 11.3 Å². The molecule has 2 saturated heterocycles. The molecule has 3 aromatic heterocycles. The smallest absolute Gasteiger partial charge is 0.329 e. The van der Waals surface area contributed by atoms with E-state index in [1.165, 1.54) is 15.8 Å². The highest BCUT2D eigenvalue weighted by Crippen LogP contribution is 2.38. The van der Waals surface area contributed by atoms with Crippen molar-refractivity contribution in [1.29, 1.82) is 0 Å². The number of likely N-dealkylation sites (N-methyl/N-ethyl adjacent to an activating group) is 1. The number of hydrogen-bond acceptors (Lipinski definition) is 8. The Bertz CT molecular complexity index is 2400. The van der Waals surface area contributed by atoms with E-state index in [9.17, 15) is 19.2 Å². The van der Waals surface area contributed by atoms with E-state index in [0.29, 0.717) is 11.4 Å². The molecule has 3 atom stereocenters. The zero-order valence-electron chi connectivity index (χ0n) is 34.8. The molecule has 14 nitrogen and oxygen atoms in total. The van der Waals surface area contributed by atoms with E-state index in [0.717, 1.165) is 117 Å². The fourth-order valence-corrected chi connectivity index (χ4v) is 9.53. The minimum atomic E-state index is -0.709. The van der Waals surface area contributed by atoms with Crippen LogP contribution in [0.25, 0.3) is 33.3 Å². The van der Waals surface area contributed by atoms with Gasteiger partial charge in [-0.1, -0.05) is 19.9 Å². The summed E-state index contributed by atoms with van der Waals surface area (Å²) in [5, 5.41) is 11.7. The van der Waals surface area contributed by atoms with Crippen molar-refractivity contribution in [2.75, 3.05) is 69.7 Å². The Kier molecular flexibility index (Phi) is 10.8. The van der Waals surface area contributed by atoms with Crippen LogP contribution in [0.3, 0.4) is 0 Å². The number of rotatable bonds is 12. The number of hydrogen-bond donors (Lipinski definition) is 3. The van der Waals surface area contributed by atoms with Crippen molar-refractivity contribution in [3.05, 3.63) is 64.2 Å². The number of aryl methyl sites for hydroxylation is 1. The van der Waals surface area contributed by atoms with E-state index < -0.39 is 6.04 Å². The van der Waals surface area contributed by atoms with E-state index in [4.69, 9.17) is 5.10 Å². The van der Waals surface area contributed by atoms with Gasteiger partial charge in [0, 0.05) is 107 Å². The molecule has 308 valence electrons. The number of fused-ring (bicyclic) bond motifs is 3. The number of imidazole rings is 1. The summed E-state index contributed by atoms with van der Waals surface area (Å²) in [6, 6.07) is 13.4. The minimum Gasteiger partial charge on any atom is -0.371 e. The molecule has 2 aliphatic heterocycles. The van der Waals surface area contributed by atoms with E-state index in [2.05, 4.69) is 62.1 Å². The van der Waals surface area contributed by atoms with Crippen LogP contribution in [0.15, 0.2) is 47.3 Å². The maximum Gasteiger partial charge on any atom is 0.329 e. The summed E-state index contributed by atoms with van der Waals surface area (Å²) in [6.45, 7) is 13.1. The van der Waals surface area contributed by atoms with Gasteiger partial charge in [0.2, 0.25) is 11.8 Å². The summed E-state index contributed by atoms with van der Waals surface area (Å²) in [4.78, 5) is 63.6. The zero-order chi connectivity index (χ0) is 40.9. The predicted octanol–water partition coefficient (Wildman–Crippen LogP) is 4.49. The Morgan fingerprint density at radius 2 is 1.86 bits per heavy atom. The number of anilines is 2. The molecule has 58 heavy (non-hydrogen) atoms. The van der Waals surface area contributed by atoms with Gasteiger partial charge in [-0.25, -0.2) is 4.79 Å². The van der Waals surface area contributed by atoms with Crippen LogP contribution in [0.1, 0.15) is 63.8 Å². The lowest BCUT2D eigenvalue weighted by Gasteiger charge is -2.39. The van der Waals surface area contributed by atoms with Gasteiger partial charge in [-0.3, -0.25) is 28.7 Å². The van der Waals surface area contributed by atoms with Crippen molar-refractivity contribution >= 4 is 51.4 Å². The number of aromatic nitrogens is 5. The van der Waals surface area contributed by atoms with E-state index in [1.807, 2.05) is 38.2 Å². The summed E-state index contributed by atoms with van der Waals surface area (Å²) >= 11 is 0. The highest BCUT2D eigenvalue weighted by atomic mass is 16.2. The van der Waals surface area contributed by atoms with E-state index in [-0.39, 0.29) is 41.8 Å². The molecule has 3 unspecified atom stereocenters. The van der Waals surface area contributed by atoms with Crippen molar-refractivity contribution in [2.45, 2.75) is 71.4 Å². The summed E-state index contributed by atoms with van der Waals surface area (Å²) in [5.41, 5.74) is 9.00. The van der Waals surface area contributed by atoms with Crippen LogP contribution in [-0.2, 0) is 34.3 Å². The van der Waals surface area contributed by atoms with Crippen molar-refractivity contribution in [3.63, 3.8) is 0 Å². The summed E-state index contributed by atoms with van der Waals surface area (Å²) < 4.78 is 3.11. The predicted molar refractivity (Wildman–Crippen MR) is 228 cm³/mol. The fourth-order valence-electron chi connectivity index (χ4n) is 9.53. The molecule has 3 aliphatic rings. The second-order valence-corrected chi connectivity index (χ2v) is 17.6. The van der Waals surface area contributed by atoms with Gasteiger partial charge < -0.3 is 29.8 Å². The lowest BCUT2D eigenvalue weighted by Crippen LogP contribution is -2.54. The second-order valence-electron chi connectivity index (χ2n) is 17.6. The van der Waals surface area contributed by atoms with Gasteiger partial charge in [-0.15, -0.1) is 0 Å². The van der Waals surface area contributed by atoms with Crippen LogP contribution in [-0.4, -0.2) is 118 Å². The van der Waals surface area contributed by atoms with Gasteiger partial charge in [0.1, 0.15) is 12.0 Å². The van der Waals surface area contributed by atoms with Gasteiger partial charge in [-0.05, 0) is 86.8 Å². The first-order chi connectivity index (χ1) is 27.8. The number of H-pyrrole nitrogens is 2. The molecule has 2 fully saturated rings. The number of nitrogens with zero attached hydrogens (tertiary/aromatic N) is 7. The molecule has 0 spiro atoms. The van der Waals surface area contributed by atoms with Gasteiger partial charge in [-0.2, -0.15) is 5.10 Å². The van der Waals surface area contributed by atoms with Gasteiger partial charge in [0.15, 0.2) is 0 Å². The summed E-state index contributed by atoms with van der Waals surface area (Å²) in [5.74, 6) is 0.440. The molecule has 0 bridgehead atoms. The highest BCUT2D eigenvalue weighted by Gasteiger charge is 2.32. The molecule has 0 radical (unpaired) electrons. The van der Waals surface area contributed by atoms with Crippen molar-refractivity contribution < 1.29 is 14.4 Å². The summed E-state index contributed by atoms with van der Waals surface area (Å²) in [6.07, 6.45) is 5.45. The fraction of sp³-hybridized carbons (Fsp3) is 0.523. The molecule has 14 heteroatoms. The monoisotopic (exact) mass is 790 g/mol. The maximum atomic E-state index is 13.8. The van der Waals surface area contributed by atoms with Crippen molar-refractivity contribution in [3.8, 4) is 11.4 Å². The molecule has 2 aromatic carbocycles. The molecular formula is C44H58N10O4. The number of amides is 2. The molecule has 1 aliphatic carbocycles. The normalized spacial score (nSPS) is 19.7. The number of carbonyl (C=O) groups is 3. The average molecular weight is 791 g/mol. The third-order valence-electron chi connectivity index (χ3n) is 13.2. The Morgan fingerprint density at radius 1 is 1.07 bits per heavy atom. The topological polar surface area (TPSA) is 148 Å². The zero-order valence-corrected chi connectivity index (χ0v) is 34.8. The quantitative estimate of drug-likeness (QED) is 0.157. The third-order valence-corrected chi connectivity index (χ3v) is 13.2. The van der Waals surface area contributed by atoms with Gasteiger partial charge >= 0.3 is 5.69 Å². The molecule has 5 aromatic rings. The number of benzene rings is 2.